The lowest BCUT2D eigenvalue weighted by molar-refractivity contribution is 0.217. The summed E-state index contributed by atoms with van der Waals surface area (Å²) in [6.07, 6.45) is 3.56. The Bertz CT molecular complexity index is 164. The van der Waals surface area contributed by atoms with Gasteiger partial charge in [-0.3, -0.25) is 0 Å². The second-order valence-corrected chi connectivity index (χ2v) is 3.71. The van der Waals surface area contributed by atoms with Gasteiger partial charge < -0.3 is 15.5 Å². The lowest BCUT2D eigenvalue weighted by atomic mass is 10.1. The Kier molecular flexibility index (Phi) is 4.02. The van der Waals surface area contributed by atoms with Crippen LogP contribution in [0.1, 0.15) is 19.3 Å². The van der Waals surface area contributed by atoms with Crippen molar-refractivity contribution in [2.45, 2.75) is 25.3 Å². The van der Waals surface area contributed by atoms with E-state index in [0.717, 1.165) is 19.5 Å². The van der Waals surface area contributed by atoms with E-state index in [2.05, 4.69) is 10.6 Å². The fourth-order valence-electron chi connectivity index (χ4n) is 1.51. The summed E-state index contributed by atoms with van der Waals surface area (Å²) < 4.78 is 0. The first-order chi connectivity index (χ1) is 6.20. The number of nitrogens with zero attached hydrogens (tertiary/aromatic N) is 1. The standard InChI is InChI=1S/C9H19N3O/c1-12(2)9(13)11-7-5-8-4-3-6-10-8/h8,10H,3-7H2,1-2H3,(H,11,13)/t8-/m1/s1. The van der Waals surface area contributed by atoms with E-state index >= 15 is 0 Å². The number of rotatable bonds is 3. The molecule has 4 nitrogen and oxygen atoms in total. The summed E-state index contributed by atoms with van der Waals surface area (Å²) in [6, 6.07) is 0.612. The van der Waals surface area contributed by atoms with Gasteiger partial charge in [-0.05, 0) is 25.8 Å². The highest BCUT2D eigenvalue weighted by molar-refractivity contribution is 5.73. The normalized spacial score (nSPS) is 21.5. The third-order valence-corrected chi connectivity index (χ3v) is 2.34. The fraction of sp³-hybridized carbons (Fsp3) is 0.889. The topological polar surface area (TPSA) is 44.4 Å². The number of hydrogen-bond donors (Lipinski definition) is 2. The molecule has 2 amide bonds. The van der Waals surface area contributed by atoms with E-state index in [1.54, 1.807) is 19.0 Å². The van der Waals surface area contributed by atoms with E-state index in [1.807, 2.05) is 0 Å². The van der Waals surface area contributed by atoms with Gasteiger partial charge in [0.15, 0.2) is 0 Å². The molecule has 2 N–H and O–H groups in total. The molecule has 1 aliphatic rings. The van der Waals surface area contributed by atoms with Crippen LogP contribution in [0, 0.1) is 0 Å². The van der Waals surface area contributed by atoms with E-state index < -0.39 is 0 Å². The molecule has 0 saturated carbocycles. The van der Waals surface area contributed by atoms with Gasteiger partial charge in [-0.1, -0.05) is 0 Å². The average Bonchev–Trinajstić information content (AvgIpc) is 2.56. The van der Waals surface area contributed by atoms with Crippen LogP contribution in [0.3, 0.4) is 0 Å². The molecule has 1 rings (SSSR count). The maximum atomic E-state index is 11.1. The highest BCUT2D eigenvalue weighted by Crippen LogP contribution is 2.07. The molecule has 1 heterocycles. The van der Waals surface area contributed by atoms with Crippen LogP contribution in [0.2, 0.25) is 0 Å². The van der Waals surface area contributed by atoms with Gasteiger partial charge in [0.05, 0.1) is 0 Å². The van der Waals surface area contributed by atoms with E-state index in [9.17, 15) is 4.79 Å². The maximum absolute atomic E-state index is 11.1. The van der Waals surface area contributed by atoms with Gasteiger partial charge in [0.2, 0.25) is 0 Å². The van der Waals surface area contributed by atoms with Gasteiger partial charge in [0, 0.05) is 26.7 Å². The van der Waals surface area contributed by atoms with Gasteiger partial charge in [0.25, 0.3) is 0 Å². The van der Waals surface area contributed by atoms with E-state index in [1.165, 1.54) is 12.8 Å². The number of amides is 2. The van der Waals surface area contributed by atoms with Gasteiger partial charge in [0.1, 0.15) is 0 Å². The molecule has 0 spiro atoms. The van der Waals surface area contributed by atoms with E-state index in [4.69, 9.17) is 0 Å². The summed E-state index contributed by atoms with van der Waals surface area (Å²) in [6.45, 7) is 1.90. The maximum Gasteiger partial charge on any atom is 0.316 e. The van der Waals surface area contributed by atoms with E-state index in [-0.39, 0.29) is 6.03 Å². The zero-order chi connectivity index (χ0) is 9.68. The minimum Gasteiger partial charge on any atom is -0.338 e. The van der Waals surface area contributed by atoms with Crippen molar-refractivity contribution in [2.24, 2.45) is 0 Å². The van der Waals surface area contributed by atoms with Crippen LogP contribution in [-0.4, -0.2) is 44.2 Å². The smallest absolute Gasteiger partial charge is 0.316 e. The molecular weight excluding hydrogens is 166 g/mol. The van der Waals surface area contributed by atoms with Crippen LogP contribution in [0.15, 0.2) is 0 Å². The summed E-state index contributed by atoms with van der Waals surface area (Å²) in [5.74, 6) is 0. The second-order valence-electron chi connectivity index (χ2n) is 3.71. The van der Waals surface area contributed by atoms with Crippen LogP contribution < -0.4 is 10.6 Å². The summed E-state index contributed by atoms with van der Waals surface area (Å²) in [5.41, 5.74) is 0. The Labute approximate surface area is 79.7 Å². The third-order valence-electron chi connectivity index (χ3n) is 2.34. The van der Waals surface area contributed by atoms with Crippen molar-refractivity contribution >= 4 is 6.03 Å². The van der Waals surface area contributed by atoms with Gasteiger partial charge in [-0.15, -0.1) is 0 Å². The molecule has 0 aliphatic carbocycles. The van der Waals surface area contributed by atoms with Crippen molar-refractivity contribution in [3.8, 4) is 0 Å². The van der Waals surface area contributed by atoms with Gasteiger partial charge >= 0.3 is 6.03 Å². The zero-order valence-electron chi connectivity index (χ0n) is 8.47. The summed E-state index contributed by atoms with van der Waals surface area (Å²) in [5, 5.41) is 6.25. The lowest BCUT2D eigenvalue weighted by Gasteiger charge is -2.14. The molecule has 76 valence electrons. The van der Waals surface area contributed by atoms with Crippen LogP contribution >= 0.6 is 0 Å². The Morgan fingerprint density at radius 1 is 1.62 bits per heavy atom. The first-order valence-corrected chi connectivity index (χ1v) is 4.88. The lowest BCUT2D eigenvalue weighted by Crippen LogP contribution is -2.37. The molecule has 0 bridgehead atoms. The number of carbonyl (C=O) groups is 1. The molecule has 13 heavy (non-hydrogen) atoms. The highest BCUT2D eigenvalue weighted by Gasteiger charge is 2.13. The van der Waals surface area contributed by atoms with Gasteiger partial charge in [-0.25, -0.2) is 4.79 Å². The first kappa shape index (κ1) is 10.3. The monoisotopic (exact) mass is 185 g/mol. The number of carbonyl (C=O) groups excluding carboxylic acids is 1. The molecule has 1 saturated heterocycles. The molecule has 1 aliphatic heterocycles. The summed E-state index contributed by atoms with van der Waals surface area (Å²) >= 11 is 0. The fourth-order valence-corrected chi connectivity index (χ4v) is 1.51. The van der Waals surface area contributed by atoms with Crippen molar-refractivity contribution in [3.05, 3.63) is 0 Å². The van der Waals surface area contributed by atoms with Crippen molar-refractivity contribution in [1.29, 1.82) is 0 Å². The van der Waals surface area contributed by atoms with Gasteiger partial charge in [-0.2, -0.15) is 0 Å². The Balaban J connectivity index is 2.03. The predicted molar refractivity (Wildman–Crippen MR) is 52.7 cm³/mol. The predicted octanol–water partition coefficient (Wildman–Crippen LogP) is 0.400. The highest BCUT2D eigenvalue weighted by atomic mass is 16.2. The molecule has 1 fully saturated rings. The Morgan fingerprint density at radius 3 is 2.92 bits per heavy atom. The molecule has 1 atom stereocenters. The van der Waals surface area contributed by atoms with Crippen LogP contribution in [0.5, 0.6) is 0 Å². The summed E-state index contributed by atoms with van der Waals surface area (Å²) in [4.78, 5) is 12.7. The minimum atomic E-state index is -0.00185. The molecule has 0 radical (unpaired) electrons. The molecule has 0 aromatic rings. The van der Waals surface area contributed by atoms with Crippen molar-refractivity contribution in [3.63, 3.8) is 0 Å². The minimum absolute atomic E-state index is 0.00185. The first-order valence-electron chi connectivity index (χ1n) is 4.88. The van der Waals surface area contributed by atoms with Crippen LogP contribution in [0.4, 0.5) is 4.79 Å². The molecule has 4 heteroatoms. The van der Waals surface area contributed by atoms with Crippen molar-refractivity contribution in [2.75, 3.05) is 27.2 Å². The summed E-state index contributed by atoms with van der Waals surface area (Å²) in [7, 11) is 3.51. The number of hydrogen-bond acceptors (Lipinski definition) is 2. The Hall–Kier alpha value is -0.770. The second kappa shape index (κ2) is 5.07. The van der Waals surface area contributed by atoms with Crippen molar-refractivity contribution in [1.82, 2.24) is 15.5 Å². The van der Waals surface area contributed by atoms with Crippen LogP contribution in [0.25, 0.3) is 0 Å². The van der Waals surface area contributed by atoms with E-state index in [0.29, 0.717) is 6.04 Å². The third kappa shape index (κ3) is 3.63. The largest absolute Gasteiger partial charge is 0.338 e. The zero-order valence-corrected chi connectivity index (χ0v) is 8.47. The number of urea groups is 1. The SMILES string of the molecule is CN(C)C(=O)NCC[C@H]1CCCN1. The van der Waals surface area contributed by atoms with Crippen molar-refractivity contribution < 1.29 is 4.79 Å². The molecule has 0 unspecified atom stereocenters. The molecular formula is C9H19N3O. The quantitative estimate of drug-likeness (QED) is 0.668. The molecule has 0 aromatic carbocycles. The van der Waals surface area contributed by atoms with Crippen LogP contribution in [-0.2, 0) is 0 Å². The number of nitrogens with one attached hydrogen (secondary N) is 2. The molecule has 0 aromatic heterocycles. The average molecular weight is 185 g/mol. The Morgan fingerprint density at radius 2 is 2.38 bits per heavy atom.